The average molecular weight is 333 g/mol. The van der Waals surface area contributed by atoms with Crippen LogP contribution in [0.2, 0.25) is 0 Å². The van der Waals surface area contributed by atoms with E-state index in [9.17, 15) is 14.4 Å². The SMILES string of the molecule is O=C(N[C@H](C(=O)c1ccccc1)n1cccnc1=O)c1ccccc1. The summed E-state index contributed by atoms with van der Waals surface area (Å²) in [6.45, 7) is 0. The molecule has 0 fully saturated rings. The third kappa shape index (κ3) is 3.69. The van der Waals surface area contributed by atoms with E-state index in [1.165, 1.54) is 18.5 Å². The summed E-state index contributed by atoms with van der Waals surface area (Å²) in [6.07, 6.45) is 1.57. The van der Waals surface area contributed by atoms with E-state index < -0.39 is 23.5 Å². The van der Waals surface area contributed by atoms with Crippen LogP contribution in [0, 0.1) is 0 Å². The summed E-state index contributed by atoms with van der Waals surface area (Å²) in [7, 11) is 0. The smallest absolute Gasteiger partial charge is 0.325 e. The fourth-order valence-corrected chi connectivity index (χ4v) is 2.38. The number of hydrogen-bond donors (Lipinski definition) is 1. The number of nitrogens with zero attached hydrogens (tertiary/aromatic N) is 2. The number of hydrogen-bond acceptors (Lipinski definition) is 4. The molecule has 6 heteroatoms. The summed E-state index contributed by atoms with van der Waals surface area (Å²) < 4.78 is 1.11. The van der Waals surface area contributed by atoms with Gasteiger partial charge in [-0.2, -0.15) is 0 Å². The Morgan fingerprint density at radius 3 is 2.08 bits per heavy atom. The number of amides is 1. The monoisotopic (exact) mass is 333 g/mol. The van der Waals surface area contributed by atoms with Crippen molar-refractivity contribution in [1.29, 1.82) is 0 Å². The van der Waals surface area contributed by atoms with Gasteiger partial charge in [-0.05, 0) is 18.2 Å². The van der Waals surface area contributed by atoms with Crippen LogP contribution < -0.4 is 11.0 Å². The zero-order valence-electron chi connectivity index (χ0n) is 13.2. The summed E-state index contributed by atoms with van der Waals surface area (Å²) in [5.74, 6) is -0.856. The number of benzene rings is 2. The van der Waals surface area contributed by atoms with E-state index >= 15 is 0 Å². The molecule has 1 heterocycles. The van der Waals surface area contributed by atoms with Gasteiger partial charge in [0.05, 0.1) is 0 Å². The lowest BCUT2D eigenvalue weighted by Crippen LogP contribution is -2.42. The molecule has 0 aliphatic rings. The molecular formula is C19H15N3O3. The van der Waals surface area contributed by atoms with Crippen molar-refractivity contribution < 1.29 is 9.59 Å². The molecule has 3 rings (SSSR count). The van der Waals surface area contributed by atoms with Crippen LogP contribution in [-0.4, -0.2) is 21.2 Å². The quantitative estimate of drug-likeness (QED) is 0.725. The van der Waals surface area contributed by atoms with Gasteiger partial charge in [-0.1, -0.05) is 48.5 Å². The van der Waals surface area contributed by atoms with Crippen LogP contribution in [0.25, 0.3) is 0 Å². The van der Waals surface area contributed by atoms with Crippen LogP contribution in [0.5, 0.6) is 0 Å². The van der Waals surface area contributed by atoms with E-state index in [-0.39, 0.29) is 0 Å². The summed E-state index contributed by atoms with van der Waals surface area (Å²) in [5.41, 5.74) is 0.159. The molecule has 0 spiro atoms. The van der Waals surface area contributed by atoms with Gasteiger partial charge < -0.3 is 5.32 Å². The minimum atomic E-state index is -1.18. The van der Waals surface area contributed by atoms with Gasteiger partial charge in [-0.3, -0.25) is 14.2 Å². The Morgan fingerprint density at radius 2 is 1.48 bits per heavy atom. The Hall–Kier alpha value is -3.54. The average Bonchev–Trinajstić information content (AvgIpc) is 2.67. The third-order valence-corrected chi connectivity index (χ3v) is 3.63. The second kappa shape index (κ2) is 7.35. The molecule has 1 amide bonds. The Kier molecular flexibility index (Phi) is 4.80. The number of nitrogens with one attached hydrogen (secondary N) is 1. The molecule has 0 aliphatic carbocycles. The number of aromatic nitrogens is 2. The molecule has 6 nitrogen and oxygen atoms in total. The molecule has 3 aromatic rings. The normalized spacial score (nSPS) is 11.5. The van der Waals surface area contributed by atoms with Crippen molar-refractivity contribution in [3.05, 3.63) is 101 Å². The molecule has 0 saturated heterocycles. The van der Waals surface area contributed by atoms with Crippen molar-refractivity contribution in [3.8, 4) is 0 Å². The van der Waals surface area contributed by atoms with Crippen LogP contribution >= 0.6 is 0 Å². The number of Topliss-reactive ketones (excluding diaryl/α,β-unsaturated/α-hetero) is 1. The van der Waals surface area contributed by atoms with Crippen LogP contribution in [0.15, 0.2) is 83.9 Å². The second-order valence-corrected chi connectivity index (χ2v) is 5.28. The second-order valence-electron chi connectivity index (χ2n) is 5.28. The van der Waals surface area contributed by atoms with E-state index in [2.05, 4.69) is 10.3 Å². The van der Waals surface area contributed by atoms with Gasteiger partial charge in [0.1, 0.15) is 0 Å². The first-order valence-electron chi connectivity index (χ1n) is 7.65. The lowest BCUT2D eigenvalue weighted by atomic mass is 10.1. The fraction of sp³-hybridized carbons (Fsp3) is 0.0526. The van der Waals surface area contributed by atoms with Crippen LogP contribution in [0.3, 0.4) is 0 Å². The minimum absolute atomic E-state index is 0.386. The molecule has 25 heavy (non-hydrogen) atoms. The van der Waals surface area contributed by atoms with Gasteiger partial charge in [-0.15, -0.1) is 0 Å². The highest BCUT2D eigenvalue weighted by Crippen LogP contribution is 2.12. The summed E-state index contributed by atoms with van der Waals surface area (Å²) in [6, 6.07) is 18.5. The maximum atomic E-state index is 12.9. The molecule has 1 N–H and O–H groups in total. The predicted molar refractivity (Wildman–Crippen MR) is 92.2 cm³/mol. The summed E-state index contributed by atoms with van der Waals surface area (Å²) in [4.78, 5) is 41.1. The lowest BCUT2D eigenvalue weighted by Gasteiger charge is -2.19. The maximum Gasteiger partial charge on any atom is 0.349 e. The van der Waals surface area contributed by atoms with Crippen molar-refractivity contribution in [3.63, 3.8) is 0 Å². The van der Waals surface area contributed by atoms with Gasteiger partial charge in [0.15, 0.2) is 6.17 Å². The first-order valence-corrected chi connectivity index (χ1v) is 7.65. The highest BCUT2D eigenvalue weighted by Gasteiger charge is 2.25. The third-order valence-electron chi connectivity index (χ3n) is 3.63. The molecule has 0 aliphatic heterocycles. The van der Waals surface area contributed by atoms with Gasteiger partial charge in [-0.25, -0.2) is 9.78 Å². The number of rotatable bonds is 5. The van der Waals surface area contributed by atoms with Gasteiger partial charge in [0.2, 0.25) is 5.78 Å². The lowest BCUT2D eigenvalue weighted by molar-refractivity contribution is 0.0812. The van der Waals surface area contributed by atoms with E-state index in [1.54, 1.807) is 60.7 Å². The predicted octanol–water partition coefficient (Wildman–Crippen LogP) is 2.05. The number of carbonyl (C=O) groups is 2. The van der Waals surface area contributed by atoms with E-state index in [0.717, 1.165) is 4.57 Å². The maximum absolute atomic E-state index is 12.9. The zero-order chi connectivity index (χ0) is 17.6. The van der Waals surface area contributed by atoms with Crippen LogP contribution in [0.1, 0.15) is 26.9 Å². The molecule has 0 unspecified atom stereocenters. The summed E-state index contributed by atoms with van der Waals surface area (Å²) >= 11 is 0. The molecule has 2 aromatic carbocycles. The fourth-order valence-electron chi connectivity index (χ4n) is 2.38. The zero-order valence-corrected chi connectivity index (χ0v) is 13.2. The molecule has 0 radical (unpaired) electrons. The van der Waals surface area contributed by atoms with Crippen molar-refractivity contribution in [2.45, 2.75) is 6.17 Å². The van der Waals surface area contributed by atoms with Gasteiger partial charge in [0.25, 0.3) is 5.91 Å². The Balaban J connectivity index is 1.98. The highest BCUT2D eigenvalue weighted by atomic mass is 16.2. The van der Waals surface area contributed by atoms with Gasteiger partial charge in [0, 0.05) is 23.5 Å². The van der Waals surface area contributed by atoms with Crippen molar-refractivity contribution in [2.24, 2.45) is 0 Å². The molecule has 0 bridgehead atoms. The molecule has 1 aromatic heterocycles. The van der Waals surface area contributed by atoms with Crippen LogP contribution in [-0.2, 0) is 0 Å². The van der Waals surface area contributed by atoms with Crippen molar-refractivity contribution in [1.82, 2.24) is 14.9 Å². The van der Waals surface area contributed by atoms with Crippen molar-refractivity contribution in [2.75, 3.05) is 0 Å². The molecule has 0 saturated carbocycles. The Bertz CT molecular complexity index is 937. The number of ketones is 1. The van der Waals surface area contributed by atoms with E-state index in [1.807, 2.05) is 0 Å². The molecule has 124 valence electrons. The minimum Gasteiger partial charge on any atom is -0.325 e. The molecular weight excluding hydrogens is 318 g/mol. The van der Waals surface area contributed by atoms with Crippen LogP contribution in [0.4, 0.5) is 0 Å². The topological polar surface area (TPSA) is 81.1 Å². The van der Waals surface area contributed by atoms with E-state index in [0.29, 0.717) is 11.1 Å². The van der Waals surface area contributed by atoms with Gasteiger partial charge >= 0.3 is 5.69 Å². The summed E-state index contributed by atoms with van der Waals surface area (Å²) in [5, 5.41) is 2.62. The highest BCUT2D eigenvalue weighted by molar-refractivity contribution is 6.03. The first-order chi connectivity index (χ1) is 12.2. The van der Waals surface area contributed by atoms with Crippen molar-refractivity contribution >= 4 is 11.7 Å². The standard InChI is InChI=1S/C19H15N3O3/c23-16(14-8-3-1-4-9-14)17(22-13-7-12-20-19(22)25)21-18(24)15-10-5-2-6-11-15/h1-13,17H,(H,21,24)/t17-/m0/s1. The Labute approximate surface area is 143 Å². The van der Waals surface area contributed by atoms with E-state index in [4.69, 9.17) is 0 Å². The molecule has 1 atom stereocenters. The number of carbonyl (C=O) groups excluding carboxylic acids is 2. The Morgan fingerprint density at radius 1 is 0.880 bits per heavy atom. The largest absolute Gasteiger partial charge is 0.349 e. The first kappa shape index (κ1) is 16.3.